The summed E-state index contributed by atoms with van der Waals surface area (Å²) in [6, 6.07) is 6.68. The molecule has 22 heavy (non-hydrogen) atoms. The van der Waals surface area contributed by atoms with Gasteiger partial charge in [-0.2, -0.15) is 4.98 Å². The van der Waals surface area contributed by atoms with Gasteiger partial charge in [0.1, 0.15) is 5.69 Å². The van der Waals surface area contributed by atoms with Gasteiger partial charge < -0.3 is 9.84 Å². The molecule has 0 saturated heterocycles. The van der Waals surface area contributed by atoms with Crippen molar-refractivity contribution in [1.29, 1.82) is 0 Å². The van der Waals surface area contributed by atoms with E-state index in [2.05, 4.69) is 20.4 Å². The van der Waals surface area contributed by atoms with E-state index in [1.807, 2.05) is 0 Å². The minimum Gasteiger partial charge on any atom is -0.341 e. The number of rotatable bonds is 4. The maximum atomic E-state index is 11.9. The second-order valence-corrected chi connectivity index (χ2v) is 5.69. The molecule has 0 bridgehead atoms. The number of hydrogen-bond acceptors (Lipinski definition) is 6. The van der Waals surface area contributed by atoms with E-state index in [1.165, 1.54) is 11.3 Å². The molecule has 3 rings (SSSR count). The van der Waals surface area contributed by atoms with Crippen molar-refractivity contribution in [2.45, 2.75) is 13.0 Å². The zero-order valence-electron chi connectivity index (χ0n) is 11.5. The number of thiazole rings is 1. The molecule has 6 nitrogen and oxygen atoms in total. The number of aromatic nitrogens is 3. The maximum Gasteiger partial charge on any atom is 0.271 e. The summed E-state index contributed by atoms with van der Waals surface area (Å²) in [5, 5.41) is 8.98. The number of nitrogens with zero attached hydrogens (tertiary/aromatic N) is 3. The number of amides is 1. The van der Waals surface area contributed by atoms with Gasteiger partial charge >= 0.3 is 0 Å². The van der Waals surface area contributed by atoms with Gasteiger partial charge in [-0.25, -0.2) is 4.98 Å². The first-order chi connectivity index (χ1) is 10.6. The van der Waals surface area contributed by atoms with Gasteiger partial charge in [-0.05, 0) is 31.2 Å². The van der Waals surface area contributed by atoms with Crippen LogP contribution in [0.15, 0.2) is 39.7 Å². The number of nitrogens with one attached hydrogen (secondary N) is 1. The van der Waals surface area contributed by atoms with Crippen LogP contribution in [0.4, 0.5) is 0 Å². The van der Waals surface area contributed by atoms with E-state index in [0.29, 0.717) is 22.4 Å². The van der Waals surface area contributed by atoms with E-state index in [0.717, 1.165) is 5.56 Å². The summed E-state index contributed by atoms with van der Waals surface area (Å²) >= 11 is 7.20. The first-order valence-electron chi connectivity index (χ1n) is 6.42. The zero-order chi connectivity index (χ0) is 15.5. The van der Waals surface area contributed by atoms with Crippen molar-refractivity contribution >= 4 is 28.8 Å². The van der Waals surface area contributed by atoms with E-state index >= 15 is 0 Å². The lowest BCUT2D eigenvalue weighted by Crippen LogP contribution is -2.27. The summed E-state index contributed by atoms with van der Waals surface area (Å²) < 4.78 is 5.21. The van der Waals surface area contributed by atoms with Crippen molar-refractivity contribution in [2.75, 3.05) is 0 Å². The van der Waals surface area contributed by atoms with E-state index in [1.54, 1.807) is 42.1 Å². The van der Waals surface area contributed by atoms with Gasteiger partial charge in [-0.1, -0.05) is 16.8 Å². The molecule has 1 atom stereocenters. The average Bonchev–Trinajstić information content (AvgIpc) is 3.20. The SMILES string of the molecule is C[C@H](NC(=O)c1cscn1)c1noc(-c2ccc(Cl)cc2)n1. The first kappa shape index (κ1) is 14.7. The Morgan fingerprint density at radius 3 is 2.82 bits per heavy atom. The predicted octanol–water partition coefficient (Wildman–Crippen LogP) is 3.34. The lowest BCUT2D eigenvalue weighted by molar-refractivity contribution is 0.0933. The first-order valence-corrected chi connectivity index (χ1v) is 7.74. The van der Waals surface area contributed by atoms with Gasteiger partial charge in [0, 0.05) is 16.0 Å². The second kappa shape index (κ2) is 6.25. The Labute approximate surface area is 135 Å². The Morgan fingerprint density at radius 2 is 2.14 bits per heavy atom. The Morgan fingerprint density at radius 1 is 1.36 bits per heavy atom. The Balaban J connectivity index is 1.73. The van der Waals surface area contributed by atoms with Gasteiger partial charge in [-0.15, -0.1) is 11.3 Å². The molecule has 1 amide bonds. The molecule has 112 valence electrons. The molecule has 0 aliphatic heterocycles. The highest BCUT2D eigenvalue weighted by molar-refractivity contribution is 7.07. The number of hydrogen-bond donors (Lipinski definition) is 1. The van der Waals surface area contributed by atoms with Crippen LogP contribution in [0.25, 0.3) is 11.5 Å². The van der Waals surface area contributed by atoms with Gasteiger partial charge in [0.15, 0.2) is 5.82 Å². The summed E-state index contributed by atoms with van der Waals surface area (Å²) in [6.45, 7) is 1.78. The molecule has 1 N–H and O–H groups in total. The number of carbonyl (C=O) groups is 1. The minimum atomic E-state index is -0.390. The number of halogens is 1. The molecule has 2 heterocycles. The fourth-order valence-electron chi connectivity index (χ4n) is 1.78. The van der Waals surface area contributed by atoms with E-state index in [-0.39, 0.29) is 11.9 Å². The van der Waals surface area contributed by atoms with Crippen molar-refractivity contribution in [3.8, 4) is 11.5 Å². The van der Waals surface area contributed by atoms with Crippen LogP contribution in [0.3, 0.4) is 0 Å². The Hall–Kier alpha value is -2.25. The third-order valence-corrected chi connectivity index (χ3v) is 3.77. The molecule has 1 aromatic carbocycles. The quantitative estimate of drug-likeness (QED) is 0.791. The van der Waals surface area contributed by atoms with Crippen LogP contribution >= 0.6 is 22.9 Å². The fourth-order valence-corrected chi connectivity index (χ4v) is 2.44. The number of benzene rings is 1. The highest BCUT2D eigenvalue weighted by atomic mass is 35.5. The van der Waals surface area contributed by atoms with Gasteiger partial charge in [0.25, 0.3) is 11.8 Å². The van der Waals surface area contributed by atoms with Crippen molar-refractivity contribution in [3.05, 3.63) is 51.7 Å². The molecule has 0 fully saturated rings. The average molecular weight is 335 g/mol. The molecular weight excluding hydrogens is 324 g/mol. The summed E-state index contributed by atoms with van der Waals surface area (Å²) in [5.74, 6) is 0.501. The van der Waals surface area contributed by atoms with Crippen molar-refractivity contribution < 1.29 is 9.32 Å². The predicted molar refractivity (Wildman–Crippen MR) is 82.7 cm³/mol. The van der Waals surface area contributed by atoms with Gasteiger partial charge in [-0.3, -0.25) is 4.79 Å². The van der Waals surface area contributed by atoms with Gasteiger partial charge in [0.05, 0.1) is 11.6 Å². The van der Waals surface area contributed by atoms with E-state index < -0.39 is 0 Å². The molecular formula is C14H11ClN4O2S. The topological polar surface area (TPSA) is 80.9 Å². The molecule has 0 unspecified atom stereocenters. The molecule has 3 aromatic rings. The van der Waals surface area contributed by atoms with Crippen LogP contribution in [0.1, 0.15) is 29.3 Å². The van der Waals surface area contributed by atoms with Crippen LogP contribution in [-0.2, 0) is 0 Å². The molecule has 0 aliphatic carbocycles. The standard InChI is InChI=1S/C14H11ClN4O2S/c1-8(17-13(20)11-6-22-7-16-11)12-18-14(21-19-12)9-2-4-10(15)5-3-9/h2-8H,1H3,(H,17,20)/t8-/m0/s1. The monoisotopic (exact) mass is 334 g/mol. The summed E-state index contributed by atoms with van der Waals surface area (Å²) in [5.41, 5.74) is 2.74. The fraction of sp³-hybridized carbons (Fsp3) is 0.143. The van der Waals surface area contributed by atoms with E-state index in [4.69, 9.17) is 16.1 Å². The summed E-state index contributed by atoms with van der Waals surface area (Å²) in [7, 11) is 0. The summed E-state index contributed by atoms with van der Waals surface area (Å²) in [6.07, 6.45) is 0. The third kappa shape index (κ3) is 3.15. The largest absolute Gasteiger partial charge is 0.341 e. The van der Waals surface area contributed by atoms with Crippen LogP contribution < -0.4 is 5.32 Å². The Kier molecular flexibility index (Phi) is 4.17. The summed E-state index contributed by atoms with van der Waals surface area (Å²) in [4.78, 5) is 20.2. The van der Waals surface area contributed by atoms with Crippen LogP contribution in [0, 0.1) is 0 Å². The maximum absolute atomic E-state index is 11.9. The molecule has 2 aromatic heterocycles. The minimum absolute atomic E-state index is 0.272. The normalized spacial score (nSPS) is 12.1. The highest BCUT2D eigenvalue weighted by Gasteiger charge is 2.18. The van der Waals surface area contributed by atoms with Crippen molar-refractivity contribution in [1.82, 2.24) is 20.4 Å². The van der Waals surface area contributed by atoms with E-state index in [9.17, 15) is 4.79 Å². The molecule has 0 radical (unpaired) electrons. The molecule has 0 aliphatic rings. The van der Waals surface area contributed by atoms with Crippen molar-refractivity contribution in [3.63, 3.8) is 0 Å². The lowest BCUT2D eigenvalue weighted by atomic mass is 10.2. The molecule has 8 heteroatoms. The lowest BCUT2D eigenvalue weighted by Gasteiger charge is -2.07. The molecule has 0 spiro atoms. The second-order valence-electron chi connectivity index (χ2n) is 4.53. The number of carbonyl (C=O) groups excluding carboxylic acids is 1. The van der Waals surface area contributed by atoms with Gasteiger partial charge in [0.2, 0.25) is 0 Å². The van der Waals surface area contributed by atoms with Crippen LogP contribution in [0.5, 0.6) is 0 Å². The molecule has 0 saturated carbocycles. The smallest absolute Gasteiger partial charge is 0.271 e. The van der Waals surface area contributed by atoms with Crippen LogP contribution in [0.2, 0.25) is 5.02 Å². The Bertz CT molecular complexity index is 771. The third-order valence-electron chi connectivity index (χ3n) is 2.93. The van der Waals surface area contributed by atoms with Crippen molar-refractivity contribution in [2.24, 2.45) is 0 Å². The van der Waals surface area contributed by atoms with Crippen LogP contribution in [-0.4, -0.2) is 21.0 Å². The zero-order valence-corrected chi connectivity index (χ0v) is 13.1. The highest BCUT2D eigenvalue weighted by Crippen LogP contribution is 2.21.